The molecule has 19 heavy (non-hydrogen) atoms. The van der Waals surface area contributed by atoms with Crippen molar-refractivity contribution in [3.05, 3.63) is 0 Å². The number of nitrogens with one attached hydrogen (secondary N) is 2. The van der Waals surface area contributed by atoms with Crippen molar-refractivity contribution >= 4 is 6.03 Å². The van der Waals surface area contributed by atoms with E-state index in [1.807, 2.05) is 0 Å². The van der Waals surface area contributed by atoms with E-state index in [2.05, 4.69) is 15.5 Å². The van der Waals surface area contributed by atoms with Crippen LogP contribution in [0, 0.1) is 11.8 Å². The van der Waals surface area contributed by atoms with E-state index in [0.717, 1.165) is 32.1 Å². The topological polar surface area (TPSA) is 44.4 Å². The highest BCUT2D eigenvalue weighted by Gasteiger charge is 2.35. The number of carbonyl (C=O) groups excluding carboxylic acids is 1. The second-order valence-corrected chi connectivity index (χ2v) is 6.55. The molecule has 2 heterocycles. The van der Waals surface area contributed by atoms with Gasteiger partial charge < -0.3 is 15.5 Å². The van der Waals surface area contributed by atoms with Crippen molar-refractivity contribution in [1.82, 2.24) is 15.5 Å². The Labute approximate surface area is 116 Å². The Bertz CT molecular complexity index is 309. The molecular weight excluding hydrogens is 238 g/mol. The van der Waals surface area contributed by atoms with Crippen molar-refractivity contribution in [2.24, 2.45) is 11.8 Å². The third-order valence-corrected chi connectivity index (χ3v) is 5.17. The van der Waals surface area contributed by atoms with E-state index in [-0.39, 0.29) is 6.03 Å². The van der Waals surface area contributed by atoms with Crippen molar-refractivity contribution in [2.45, 2.75) is 51.0 Å². The molecule has 1 atom stereocenters. The summed E-state index contributed by atoms with van der Waals surface area (Å²) in [6, 6.07) is 0.614. The van der Waals surface area contributed by atoms with Gasteiger partial charge in [-0.3, -0.25) is 0 Å². The van der Waals surface area contributed by atoms with Crippen LogP contribution in [0.25, 0.3) is 0 Å². The summed E-state index contributed by atoms with van der Waals surface area (Å²) < 4.78 is 0. The largest absolute Gasteiger partial charge is 0.333 e. The van der Waals surface area contributed by atoms with Gasteiger partial charge >= 0.3 is 6.03 Å². The van der Waals surface area contributed by atoms with Crippen LogP contribution >= 0.6 is 0 Å². The van der Waals surface area contributed by atoms with Gasteiger partial charge in [0.1, 0.15) is 0 Å². The van der Waals surface area contributed by atoms with Crippen LogP contribution in [-0.2, 0) is 0 Å². The Kier molecular flexibility index (Phi) is 4.26. The molecule has 0 aromatic carbocycles. The van der Waals surface area contributed by atoms with Gasteiger partial charge in [0.15, 0.2) is 0 Å². The van der Waals surface area contributed by atoms with Crippen LogP contribution in [0.4, 0.5) is 4.79 Å². The molecule has 0 aromatic rings. The van der Waals surface area contributed by atoms with Crippen molar-refractivity contribution in [1.29, 1.82) is 0 Å². The van der Waals surface area contributed by atoms with Gasteiger partial charge in [0.25, 0.3) is 0 Å². The van der Waals surface area contributed by atoms with Crippen LogP contribution in [0.2, 0.25) is 0 Å². The first-order chi connectivity index (χ1) is 9.33. The molecule has 1 aliphatic carbocycles. The van der Waals surface area contributed by atoms with Gasteiger partial charge in [0.2, 0.25) is 0 Å². The van der Waals surface area contributed by atoms with Gasteiger partial charge in [0.05, 0.1) is 6.04 Å². The van der Waals surface area contributed by atoms with Crippen LogP contribution in [0.5, 0.6) is 0 Å². The molecule has 1 unspecified atom stereocenters. The summed E-state index contributed by atoms with van der Waals surface area (Å²) in [5.74, 6) is 1.44. The summed E-state index contributed by atoms with van der Waals surface area (Å²) in [5, 5.41) is 6.63. The SMILES string of the molecule is O=C1NC(C2CCCCC2)CN1CC1CCNCC1. The first-order valence-corrected chi connectivity index (χ1v) is 8.09. The number of urea groups is 1. The van der Waals surface area contributed by atoms with Gasteiger partial charge in [-0.25, -0.2) is 4.79 Å². The van der Waals surface area contributed by atoms with Crippen molar-refractivity contribution in [2.75, 3.05) is 26.2 Å². The molecule has 0 spiro atoms. The molecule has 2 amide bonds. The minimum atomic E-state index is 0.189. The zero-order valence-corrected chi connectivity index (χ0v) is 11.9. The fourth-order valence-electron chi connectivity index (χ4n) is 3.95. The van der Waals surface area contributed by atoms with Crippen LogP contribution in [0.15, 0.2) is 0 Å². The van der Waals surface area contributed by atoms with E-state index in [0.29, 0.717) is 12.0 Å². The molecular formula is C15H27N3O. The van der Waals surface area contributed by atoms with Crippen LogP contribution in [0.3, 0.4) is 0 Å². The number of hydrogen-bond acceptors (Lipinski definition) is 2. The van der Waals surface area contributed by atoms with Gasteiger partial charge in [-0.15, -0.1) is 0 Å². The number of amides is 2. The summed E-state index contributed by atoms with van der Waals surface area (Å²) in [6.45, 7) is 4.16. The quantitative estimate of drug-likeness (QED) is 0.819. The van der Waals surface area contributed by atoms with E-state index < -0.39 is 0 Å². The molecule has 1 saturated carbocycles. The first-order valence-electron chi connectivity index (χ1n) is 8.09. The van der Waals surface area contributed by atoms with E-state index in [4.69, 9.17) is 0 Å². The Morgan fingerprint density at radius 2 is 1.79 bits per heavy atom. The normalized spacial score (nSPS) is 30.6. The molecule has 3 aliphatic rings. The maximum atomic E-state index is 12.1. The van der Waals surface area contributed by atoms with Crippen molar-refractivity contribution in [3.63, 3.8) is 0 Å². The molecule has 0 radical (unpaired) electrons. The standard InChI is InChI=1S/C15H27N3O/c19-15-17-14(13-4-2-1-3-5-13)11-18(15)10-12-6-8-16-9-7-12/h12-14,16H,1-11H2,(H,17,19). The van der Waals surface area contributed by atoms with Gasteiger partial charge in [-0.05, 0) is 50.6 Å². The van der Waals surface area contributed by atoms with Gasteiger partial charge in [-0.1, -0.05) is 19.3 Å². The predicted octanol–water partition coefficient (Wildman–Crippen LogP) is 1.96. The first kappa shape index (κ1) is 13.2. The maximum absolute atomic E-state index is 12.1. The predicted molar refractivity (Wildman–Crippen MR) is 76.1 cm³/mol. The number of piperidine rings is 1. The van der Waals surface area contributed by atoms with E-state index in [1.54, 1.807) is 0 Å². The summed E-state index contributed by atoms with van der Waals surface area (Å²) in [4.78, 5) is 14.2. The monoisotopic (exact) mass is 265 g/mol. The highest BCUT2D eigenvalue weighted by molar-refractivity contribution is 5.77. The Morgan fingerprint density at radius 1 is 1.05 bits per heavy atom. The lowest BCUT2D eigenvalue weighted by atomic mass is 9.84. The van der Waals surface area contributed by atoms with Crippen LogP contribution in [-0.4, -0.2) is 43.2 Å². The molecule has 2 N–H and O–H groups in total. The lowest BCUT2D eigenvalue weighted by Crippen LogP contribution is -2.37. The number of carbonyl (C=O) groups is 1. The van der Waals surface area contributed by atoms with Crippen molar-refractivity contribution < 1.29 is 4.79 Å². The molecule has 4 heteroatoms. The average Bonchev–Trinajstić information content (AvgIpc) is 2.82. The summed E-state index contributed by atoms with van der Waals surface area (Å²) >= 11 is 0. The average molecular weight is 265 g/mol. The van der Waals surface area contributed by atoms with Crippen LogP contribution in [0.1, 0.15) is 44.9 Å². The zero-order chi connectivity index (χ0) is 13.1. The minimum Gasteiger partial charge on any atom is -0.333 e. The molecule has 0 bridgehead atoms. The molecule has 4 nitrogen and oxygen atoms in total. The minimum absolute atomic E-state index is 0.189. The van der Waals surface area contributed by atoms with E-state index >= 15 is 0 Å². The van der Waals surface area contributed by atoms with Gasteiger partial charge in [0, 0.05) is 13.1 Å². The third-order valence-electron chi connectivity index (χ3n) is 5.17. The molecule has 108 valence electrons. The highest BCUT2D eigenvalue weighted by atomic mass is 16.2. The fraction of sp³-hybridized carbons (Fsp3) is 0.933. The molecule has 2 aliphatic heterocycles. The number of hydrogen-bond donors (Lipinski definition) is 2. The second-order valence-electron chi connectivity index (χ2n) is 6.55. The fourth-order valence-corrected chi connectivity index (χ4v) is 3.95. The molecule has 3 rings (SSSR count). The van der Waals surface area contributed by atoms with Gasteiger partial charge in [-0.2, -0.15) is 0 Å². The third kappa shape index (κ3) is 3.22. The number of nitrogens with zero attached hydrogens (tertiary/aromatic N) is 1. The van der Waals surface area contributed by atoms with Crippen LogP contribution < -0.4 is 10.6 Å². The highest BCUT2D eigenvalue weighted by Crippen LogP contribution is 2.29. The Balaban J connectivity index is 1.51. The number of rotatable bonds is 3. The maximum Gasteiger partial charge on any atom is 0.317 e. The molecule has 3 fully saturated rings. The Hall–Kier alpha value is -0.770. The lowest BCUT2D eigenvalue weighted by molar-refractivity contribution is 0.200. The van der Waals surface area contributed by atoms with E-state index in [9.17, 15) is 4.79 Å². The lowest BCUT2D eigenvalue weighted by Gasteiger charge is -2.28. The molecule has 2 saturated heterocycles. The summed E-state index contributed by atoms with van der Waals surface area (Å²) in [7, 11) is 0. The van der Waals surface area contributed by atoms with E-state index in [1.165, 1.54) is 44.9 Å². The van der Waals surface area contributed by atoms with Crippen molar-refractivity contribution in [3.8, 4) is 0 Å². The second kappa shape index (κ2) is 6.12. The summed E-state index contributed by atoms with van der Waals surface area (Å²) in [6.07, 6.45) is 9.15. The zero-order valence-electron chi connectivity index (χ0n) is 11.9. The smallest absolute Gasteiger partial charge is 0.317 e. The molecule has 0 aromatic heterocycles. The summed E-state index contributed by atoms with van der Waals surface area (Å²) in [5.41, 5.74) is 0. The Morgan fingerprint density at radius 3 is 2.53 bits per heavy atom.